The second-order valence-corrected chi connectivity index (χ2v) is 6.90. The molecule has 10 heteroatoms. The van der Waals surface area contributed by atoms with Crippen molar-refractivity contribution in [3.8, 4) is 0 Å². The molecule has 9 nitrogen and oxygen atoms in total. The fourth-order valence-electron chi connectivity index (χ4n) is 2.47. The minimum atomic E-state index is -3.88. The lowest BCUT2D eigenvalue weighted by Crippen LogP contribution is -2.14. The summed E-state index contributed by atoms with van der Waals surface area (Å²) in [5, 5.41) is 7.71. The maximum absolute atomic E-state index is 12.6. The van der Waals surface area contributed by atoms with Crippen LogP contribution in [0.15, 0.2) is 33.9 Å². The molecule has 0 bridgehead atoms. The lowest BCUT2D eigenvalue weighted by molar-refractivity contribution is 0.0528. The number of carbonyl (C=O) groups excluding carboxylic acids is 1. The summed E-state index contributed by atoms with van der Waals surface area (Å²) in [6.45, 7) is 5.00. The molecule has 0 saturated heterocycles. The van der Waals surface area contributed by atoms with Crippen LogP contribution in [0.2, 0.25) is 0 Å². The number of aromatic nitrogens is 3. The number of carbonyl (C=O) groups is 1. The van der Waals surface area contributed by atoms with Gasteiger partial charge in [0.05, 0.1) is 24.0 Å². The zero-order chi connectivity index (χ0) is 18.2. The van der Waals surface area contributed by atoms with Crippen molar-refractivity contribution in [3.05, 3.63) is 41.5 Å². The number of nitrogens with zero attached hydrogens (tertiary/aromatic N) is 3. The Morgan fingerprint density at radius 2 is 2.16 bits per heavy atom. The molecule has 3 aromatic heterocycles. The monoisotopic (exact) mass is 364 g/mol. The van der Waals surface area contributed by atoms with Crippen molar-refractivity contribution in [1.29, 1.82) is 0 Å². The molecule has 0 saturated carbocycles. The van der Waals surface area contributed by atoms with E-state index in [1.165, 1.54) is 29.8 Å². The van der Waals surface area contributed by atoms with Crippen LogP contribution < -0.4 is 4.72 Å². The molecular formula is C15H16N4O5S. The molecule has 1 N–H and O–H groups in total. The minimum absolute atomic E-state index is 0.00787. The maximum atomic E-state index is 12.6. The quantitative estimate of drug-likeness (QED) is 0.688. The predicted molar refractivity (Wildman–Crippen MR) is 87.9 cm³/mol. The molecule has 0 fully saturated rings. The average Bonchev–Trinajstić information content (AvgIpc) is 3.10. The molecule has 0 radical (unpaired) electrons. The van der Waals surface area contributed by atoms with Crippen LogP contribution in [-0.2, 0) is 14.8 Å². The first-order valence-electron chi connectivity index (χ1n) is 7.43. The van der Waals surface area contributed by atoms with Crippen LogP contribution in [0, 0.1) is 13.8 Å². The third-order valence-electron chi connectivity index (χ3n) is 3.51. The third-order valence-corrected chi connectivity index (χ3v) is 5.13. The number of hydrogen-bond acceptors (Lipinski definition) is 7. The lowest BCUT2D eigenvalue weighted by atomic mass is 10.2. The van der Waals surface area contributed by atoms with Crippen LogP contribution in [0.4, 0.5) is 5.69 Å². The average molecular weight is 364 g/mol. The highest BCUT2D eigenvalue weighted by Crippen LogP contribution is 2.24. The minimum Gasteiger partial charge on any atom is -0.462 e. The van der Waals surface area contributed by atoms with Crippen LogP contribution in [-0.4, -0.2) is 35.8 Å². The van der Waals surface area contributed by atoms with Crippen molar-refractivity contribution in [2.75, 3.05) is 11.3 Å². The number of sulfonamides is 1. The number of fused-ring (bicyclic) bond motifs is 1. The summed E-state index contributed by atoms with van der Waals surface area (Å²) in [5.41, 5.74) is 1.22. The predicted octanol–water partition coefficient (Wildman–Crippen LogP) is 1.92. The maximum Gasteiger partial charge on any atom is 0.341 e. The molecule has 0 spiro atoms. The Labute approximate surface area is 143 Å². The van der Waals surface area contributed by atoms with E-state index in [0.717, 1.165) is 0 Å². The fraction of sp³-hybridized carbons (Fsp3) is 0.267. The summed E-state index contributed by atoms with van der Waals surface area (Å²) in [6.07, 6.45) is 2.92. The van der Waals surface area contributed by atoms with Gasteiger partial charge in [-0.2, -0.15) is 5.10 Å². The Bertz CT molecular complexity index is 1030. The Hall–Kier alpha value is -2.88. The van der Waals surface area contributed by atoms with E-state index < -0.39 is 16.0 Å². The molecule has 3 heterocycles. The third kappa shape index (κ3) is 3.07. The standard InChI is InChI=1S/C15H16N4O5S/c1-4-23-15(20)12-8-16-19-6-5-11(7-13(12)19)18-25(21,22)14-9(2)17-24-10(14)3/h5-8,18H,4H2,1-3H3. The number of aryl methyl sites for hydroxylation is 2. The van der Waals surface area contributed by atoms with Gasteiger partial charge in [-0.15, -0.1) is 0 Å². The van der Waals surface area contributed by atoms with Gasteiger partial charge in [0.1, 0.15) is 11.3 Å². The summed E-state index contributed by atoms with van der Waals surface area (Å²) < 4.78 is 39.0. The van der Waals surface area contributed by atoms with E-state index >= 15 is 0 Å². The molecule has 132 valence electrons. The van der Waals surface area contributed by atoms with Gasteiger partial charge in [0, 0.05) is 6.20 Å². The molecule has 0 aliphatic carbocycles. The summed E-state index contributed by atoms with van der Waals surface area (Å²) in [5.74, 6) is -0.328. The number of hydrogen-bond donors (Lipinski definition) is 1. The van der Waals surface area contributed by atoms with Gasteiger partial charge in [-0.3, -0.25) is 4.72 Å². The van der Waals surface area contributed by atoms with Gasteiger partial charge < -0.3 is 9.26 Å². The van der Waals surface area contributed by atoms with Crippen molar-refractivity contribution >= 4 is 27.2 Å². The largest absolute Gasteiger partial charge is 0.462 e. The summed E-state index contributed by atoms with van der Waals surface area (Å²) in [6, 6.07) is 3.04. The Morgan fingerprint density at radius 3 is 2.80 bits per heavy atom. The van der Waals surface area contributed by atoms with E-state index in [-0.39, 0.29) is 34.2 Å². The topological polar surface area (TPSA) is 116 Å². The van der Waals surface area contributed by atoms with Crippen LogP contribution in [0.1, 0.15) is 28.7 Å². The zero-order valence-electron chi connectivity index (χ0n) is 13.8. The van der Waals surface area contributed by atoms with E-state index in [1.54, 1.807) is 20.0 Å². The molecule has 25 heavy (non-hydrogen) atoms. The molecule has 0 aliphatic heterocycles. The molecule has 3 aromatic rings. The first kappa shape index (κ1) is 17.0. The number of anilines is 1. The number of esters is 1. The second kappa shape index (κ2) is 6.20. The highest BCUT2D eigenvalue weighted by atomic mass is 32.2. The number of ether oxygens (including phenoxy) is 1. The second-order valence-electron chi connectivity index (χ2n) is 5.28. The van der Waals surface area contributed by atoms with Crippen molar-refractivity contribution in [3.63, 3.8) is 0 Å². The van der Waals surface area contributed by atoms with E-state index in [4.69, 9.17) is 9.26 Å². The van der Waals surface area contributed by atoms with E-state index in [9.17, 15) is 13.2 Å². The van der Waals surface area contributed by atoms with Gasteiger partial charge in [-0.1, -0.05) is 5.16 Å². The summed E-state index contributed by atoms with van der Waals surface area (Å²) in [4.78, 5) is 11.9. The zero-order valence-corrected chi connectivity index (χ0v) is 14.6. The van der Waals surface area contributed by atoms with E-state index in [0.29, 0.717) is 5.52 Å². The van der Waals surface area contributed by atoms with Crippen molar-refractivity contribution < 1.29 is 22.5 Å². The first-order chi connectivity index (χ1) is 11.8. The number of pyridine rings is 1. The molecule has 0 atom stereocenters. The number of rotatable bonds is 5. The van der Waals surface area contributed by atoms with Crippen molar-refractivity contribution in [2.24, 2.45) is 0 Å². The van der Waals surface area contributed by atoms with Crippen molar-refractivity contribution in [1.82, 2.24) is 14.8 Å². The highest BCUT2D eigenvalue weighted by Gasteiger charge is 2.24. The van der Waals surface area contributed by atoms with Gasteiger partial charge in [-0.25, -0.2) is 17.7 Å². The molecular weight excluding hydrogens is 348 g/mol. The van der Waals surface area contributed by atoms with Crippen LogP contribution >= 0.6 is 0 Å². The first-order valence-corrected chi connectivity index (χ1v) is 8.92. The van der Waals surface area contributed by atoms with E-state index in [1.807, 2.05) is 0 Å². The molecule has 0 aliphatic rings. The van der Waals surface area contributed by atoms with E-state index in [2.05, 4.69) is 15.0 Å². The molecule has 3 rings (SSSR count). The summed E-state index contributed by atoms with van der Waals surface area (Å²) in [7, 11) is -3.88. The van der Waals surface area contributed by atoms with Gasteiger partial charge in [-0.05, 0) is 32.9 Å². The molecule has 0 aromatic carbocycles. The Kier molecular flexibility index (Phi) is 4.21. The van der Waals surface area contributed by atoms with Gasteiger partial charge in [0.15, 0.2) is 10.7 Å². The van der Waals surface area contributed by atoms with Crippen LogP contribution in [0.5, 0.6) is 0 Å². The Balaban J connectivity index is 2.00. The molecule has 0 unspecified atom stereocenters. The van der Waals surface area contributed by atoms with Crippen LogP contribution in [0.25, 0.3) is 5.52 Å². The van der Waals surface area contributed by atoms with Crippen molar-refractivity contribution in [2.45, 2.75) is 25.7 Å². The number of nitrogens with one attached hydrogen (secondary N) is 1. The summed E-state index contributed by atoms with van der Waals surface area (Å²) >= 11 is 0. The fourth-order valence-corrected chi connectivity index (χ4v) is 3.86. The SMILES string of the molecule is CCOC(=O)c1cnn2ccc(NS(=O)(=O)c3c(C)noc3C)cc12. The van der Waals surface area contributed by atoms with Crippen LogP contribution in [0.3, 0.4) is 0 Å². The normalized spacial score (nSPS) is 11.6. The van der Waals surface area contributed by atoms with Gasteiger partial charge in [0.2, 0.25) is 0 Å². The smallest absolute Gasteiger partial charge is 0.341 e. The van der Waals surface area contributed by atoms with Gasteiger partial charge >= 0.3 is 5.97 Å². The highest BCUT2D eigenvalue weighted by molar-refractivity contribution is 7.92. The molecule has 0 amide bonds. The Morgan fingerprint density at radius 1 is 1.40 bits per heavy atom. The lowest BCUT2D eigenvalue weighted by Gasteiger charge is -2.08. The van der Waals surface area contributed by atoms with Gasteiger partial charge in [0.25, 0.3) is 10.0 Å².